The molecule has 1 N–H and O–H groups in total. The van der Waals surface area contributed by atoms with Crippen LogP contribution in [0.5, 0.6) is 5.75 Å². The fraction of sp³-hybridized carbons (Fsp3) is 0.565. The second-order valence-electron chi connectivity index (χ2n) is 9.03. The molecule has 1 aromatic carbocycles. The highest BCUT2D eigenvalue weighted by atomic mass is 32.2. The molecule has 0 amide bonds. The molecule has 2 aromatic rings. The summed E-state index contributed by atoms with van der Waals surface area (Å²) in [4.78, 5) is 3.00. The molecule has 33 heavy (non-hydrogen) atoms. The zero-order valence-corrected chi connectivity index (χ0v) is 20.2. The van der Waals surface area contributed by atoms with Gasteiger partial charge in [0.25, 0.3) is 10.0 Å². The van der Waals surface area contributed by atoms with Gasteiger partial charge < -0.3 is 9.64 Å². The highest BCUT2D eigenvalue weighted by Gasteiger charge is 2.36. The van der Waals surface area contributed by atoms with Crippen molar-refractivity contribution in [1.29, 1.82) is 0 Å². The molecule has 1 aliphatic carbocycles. The van der Waals surface area contributed by atoms with Crippen LogP contribution in [0.2, 0.25) is 0 Å². The lowest BCUT2D eigenvalue weighted by Gasteiger charge is -2.20. The molecule has 1 aromatic heterocycles. The van der Waals surface area contributed by atoms with Crippen LogP contribution in [-0.2, 0) is 22.6 Å². The molecule has 5 nitrogen and oxygen atoms in total. The number of rotatable bonds is 7. The molecular weight excluding hydrogens is 473 g/mol. The van der Waals surface area contributed by atoms with Gasteiger partial charge in [0.2, 0.25) is 0 Å². The highest BCUT2D eigenvalue weighted by molar-refractivity contribution is 7.94. The van der Waals surface area contributed by atoms with Crippen molar-refractivity contribution in [2.45, 2.75) is 61.4 Å². The highest BCUT2D eigenvalue weighted by Crippen LogP contribution is 2.39. The predicted octanol–water partition coefficient (Wildman–Crippen LogP) is 5.77. The Morgan fingerprint density at radius 1 is 1.12 bits per heavy atom. The van der Waals surface area contributed by atoms with E-state index in [-0.39, 0.29) is 21.8 Å². The minimum atomic E-state index is -4.60. The minimum absolute atomic E-state index is 0.0478. The monoisotopic (exact) mass is 502 g/mol. The third-order valence-corrected chi connectivity index (χ3v) is 9.28. The average molecular weight is 503 g/mol. The zero-order valence-electron chi connectivity index (χ0n) is 18.5. The van der Waals surface area contributed by atoms with E-state index in [1.54, 1.807) is 6.07 Å². The van der Waals surface area contributed by atoms with Gasteiger partial charge in [0.1, 0.15) is 16.1 Å². The van der Waals surface area contributed by atoms with Crippen molar-refractivity contribution in [1.82, 2.24) is 4.90 Å². The fourth-order valence-corrected chi connectivity index (χ4v) is 7.10. The van der Waals surface area contributed by atoms with Gasteiger partial charge >= 0.3 is 6.18 Å². The van der Waals surface area contributed by atoms with E-state index in [1.807, 2.05) is 18.0 Å². The molecule has 1 saturated carbocycles. The summed E-state index contributed by atoms with van der Waals surface area (Å²) in [5.74, 6) is 0.234. The summed E-state index contributed by atoms with van der Waals surface area (Å²) in [7, 11) is -2.03. The van der Waals surface area contributed by atoms with Crippen LogP contribution in [0, 0.1) is 5.92 Å². The lowest BCUT2D eigenvalue weighted by atomic mass is 9.87. The van der Waals surface area contributed by atoms with Crippen molar-refractivity contribution in [3.05, 3.63) is 40.8 Å². The van der Waals surface area contributed by atoms with E-state index in [1.165, 1.54) is 43.4 Å². The molecule has 1 atom stereocenters. The number of alkyl halides is 3. The van der Waals surface area contributed by atoms with Crippen LogP contribution in [0.15, 0.2) is 34.5 Å². The number of likely N-dealkylation sites (tertiary alicyclic amines) is 1. The predicted molar refractivity (Wildman–Crippen MR) is 123 cm³/mol. The van der Waals surface area contributed by atoms with Crippen LogP contribution in [0.1, 0.15) is 49.0 Å². The Labute approximate surface area is 197 Å². The van der Waals surface area contributed by atoms with Gasteiger partial charge in [-0.1, -0.05) is 32.1 Å². The molecule has 2 heterocycles. The second kappa shape index (κ2) is 9.84. The summed E-state index contributed by atoms with van der Waals surface area (Å²) >= 11 is 1.22. The molecule has 1 saturated heterocycles. The van der Waals surface area contributed by atoms with E-state index in [0.717, 1.165) is 36.0 Å². The second-order valence-corrected chi connectivity index (χ2v) is 12.1. The third kappa shape index (κ3) is 6.22. The van der Waals surface area contributed by atoms with Crippen molar-refractivity contribution in [2.75, 3.05) is 24.9 Å². The first-order valence-electron chi connectivity index (χ1n) is 11.3. The normalized spacial score (nSPS) is 20.8. The van der Waals surface area contributed by atoms with Gasteiger partial charge in [0.05, 0.1) is 11.3 Å². The largest absolute Gasteiger partial charge is 0.488 e. The summed E-state index contributed by atoms with van der Waals surface area (Å²) in [6.45, 7) is 1.26. The number of likely N-dealkylation sites (N-methyl/N-ethyl adjacent to an activating group) is 1. The molecule has 10 heteroatoms. The average Bonchev–Trinajstić information content (AvgIpc) is 3.37. The van der Waals surface area contributed by atoms with Crippen molar-refractivity contribution in [3.63, 3.8) is 0 Å². The Balaban J connectivity index is 1.50. The Morgan fingerprint density at radius 2 is 1.88 bits per heavy atom. The van der Waals surface area contributed by atoms with Gasteiger partial charge in [-0.2, -0.15) is 13.2 Å². The van der Waals surface area contributed by atoms with Crippen molar-refractivity contribution >= 4 is 27.0 Å². The van der Waals surface area contributed by atoms with Crippen molar-refractivity contribution in [3.8, 4) is 5.75 Å². The Kier molecular flexibility index (Phi) is 7.26. The topological polar surface area (TPSA) is 58.6 Å². The maximum absolute atomic E-state index is 13.5. The summed E-state index contributed by atoms with van der Waals surface area (Å²) in [6, 6.07) is 6.54. The first-order chi connectivity index (χ1) is 15.6. The third-order valence-electron chi connectivity index (χ3n) is 6.30. The van der Waals surface area contributed by atoms with Crippen LogP contribution in [0.4, 0.5) is 18.9 Å². The molecule has 182 valence electrons. The van der Waals surface area contributed by atoms with Crippen LogP contribution >= 0.6 is 11.3 Å². The lowest BCUT2D eigenvalue weighted by molar-refractivity contribution is -0.139. The van der Waals surface area contributed by atoms with Gasteiger partial charge in [0.15, 0.2) is 0 Å². The van der Waals surface area contributed by atoms with Crippen molar-refractivity contribution < 1.29 is 26.3 Å². The van der Waals surface area contributed by atoms with E-state index >= 15 is 0 Å². The van der Waals surface area contributed by atoms with E-state index in [9.17, 15) is 21.6 Å². The molecule has 4 rings (SSSR count). The maximum atomic E-state index is 13.5. The molecule has 0 unspecified atom stereocenters. The zero-order chi connectivity index (χ0) is 23.6. The SMILES string of the molecule is CN1CC[C@@H](Oc2cc(NS(=O)(=O)c3ccc(CC4CCCCC4)s3)ccc2C(F)(F)F)C1. The molecule has 0 bridgehead atoms. The first kappa shape index (κ1) is 24.3. The Hall–Kier alpha value is -1.78. The van der Waals surface area contributed by atoms with Gasteiger partial charge in [-0.15, -0.1) is 11.3 Å². The Morgan fingerprint density at radius 3 is 2.55 bits per heavy atom. The minimum Gasteiger partial charge on any atom is -0.488 e. The maximum Gasteiger partial charge on any atom is 0.419 e. The quantitative estimate of drug-likeness (QED) is 0.522. The number of nitrogens with one attached hydrogen (secondary N) is 1. The van der Waals surface area contributed by atoms with Crippen LogP contribution in [-0.4, -0.2) is 39.6 Å². The fourth-order valence-electron chi connectivity index (χ4n) is 4.58. The number of halogens is 3. The molecule has 2 fully saturated rings. The summed E-state index contributed by atoms with van der Waals surface area (Å²) < 4.78 is 74.6. The van der Waals surface area contributed by atoms with Crippen LogP contribution in [0.25, 0.3) is 0 Å². The molecule has 1 aliphatic heterocycles. The lowest BCUT2D eigenvalue weighted by Crippen LogP contribution is -2.23. The summed E-state index contributed by atoms with van der Waals surface area (Å²) in [5, 5.41) is 0. The molecule has 0 spiro atoms. The Bertz CT molecular complexity index is 1060. The molecular formula is C23H29F3N2O3S2. The van der Waals surface area contributed by atoms with E-state index < -0.39 is 21.8 Å². The summed E-state index contributed by atoms with van der Waals surface area (Å²) in [6.07, 6.45) is 2.56. The first-order valence-corrected chi connectivity index (χ1v) is 13.6. The van der Waals surface area contributed by atoms with Crippen molar-refractivity contribution in [2.24, 2.45) is 5.92 Å². The van der Waals surface area contributed by atoms with E-state index in [2.05, 4.69) is 4.72 Å². The molecule has 0 radical (unpaired) electrons. The van der Waals surface area contributed by atoms with Crippen LogP contribution < -0.4 is 9.46 Å². The number of anilines is 1. The van der Waals surface area contributed by atoms with Crippen LogP contribution in [0.3, 0.4) is 0 Å². The number of hydrogen-bond acceptors (Lipinski definition) is 5. The van der Waals surface area contributed by atoms with Gasteiger partial charge in [-0.3, -0.25) is 4.72 Å². The van der Waals surface area contributed by atoms with E-state index in [4.69, 9.17) is 4.74 Å². The number of benzene rings is 1. The van der Waals surface area contributed by atoms with Gasteiger partial charge in [0, 0.05) is 24.0 Å². The number of thiophene rings is 1. The van der Waals surface area contributed by atoms with Gasteiger partial charge in [-0.05, 0) is 50.1 Å². The number of sulfonamides is 1. The number of ether oxygens (including phenoxy) is 1. The van der Waals surface area contributed by atoms with Gasteiger partial charge in [-0.25, -0.2) is 8.42 Å². The van der Waals surface area contributed by atoms with E-state index in [0.29, 0.717) is 18.9 Å². The smallest absolute Gasteiger partial charge is 0.419 e. The number of nitrogens with zero attached hydrogens (tertiary/aromatic N) is 1. The molecule has 2 aliphatic rings. The number of hydrogen-bond donors (Lipinski definition) is 1. The standard InChI is InChI=1S/C23H29F3N2O3S2/c1-28-12-11-18(15-28)31-21-14-17(7-9-20(21)23(24,25)26)27-33(29,30)22-10-8-19(32-22)13-16-5-3-2-4-6-16/h7-10,14,16,18,27H,2-6,11-13,15H2,1H3/t18-/m1/s1. The summed E-state index contributed by atoms with van der Waals surface area (Å²) in [5.41, 5.74) is -0.863.